The number of ether oxygens (including phenoxy) is 4. The quantitative estimate of drug-likeness (QED) is 0.0466. The van der Waals surface area contributed by atoms with E-state index in [9.17, 15) is 14.9 Å². The Morgan fingerprint density at radius 1 is 0.984 bits per heavy atom. The number of nitriles is 1. The third-order valence-corrected chi connectivity index (χ3v) is 12.6. The molecule has 0 aliphatic carbocycles. The molecule has 3 aromatic carbocycles. The lowest BCUT2D eigenvalue weighted by molar-refractivity contribution is -0.118. The number of aromatic nitrogens is 3. The molecule has 5 aromatic rings. The molecule has 0 spiro atoms. The first-order valence-corrected chi connectivity index (χ1v) is 21.4. The van der Waals surface area contributed by atoms with Gasteiger partial charge in [-0.2, -0.15) is 10.2 Å². The fraction of sp³-hybridized carbons (Fsp3) is 0.422. The molecular formula is C45H54FN6O8P. The number of nitrogens with one attached hydrogen (secondary N) is 2. The number of aromatic amines is 1. The van der Waals surface area contributed by atoms with Crippen LogP contribution in [0.25, 0.3) is 11.0 Å². The van der Waals surface area contributed by atoms with E-state index in [4.69, 9.17) is 28.0 Å². The number of hydrogen-bond donors (Lipinski definition) is 2. The number of carbonyl (C=O) groups is 1. The molecule has 1 saturated heterocycles. The van der Waals surface area contributed by atoms with Crippen LogP contribution < -0.4 is 20.3 Å². The second-order valence-electron chi connectivity index (χ2n) is 15.5. The number of benzene rings is 3. The largest absolute Gasteiger partial charge is 0.497 e. The molecular weight excluding hydrogens is 803 g/mol. The monoisotopic (exact) mass is 856 g/mol. The number of methoxy groups -OCH3 is 2. The van der Waals surface area contributed by atoms with Crippen molar-refractivity contribution in [1.82, 2.24) is 19.2 Å². The summed E-state index contributed by atoms with van der Waals surface area (Å²) in [5, 5.41) is 11.7. The van der Waals surface area contributed by atoms with Gasteiger partial charge in [-0.15, -0.1) is 0 Å². The van der Waals surface area contributed by atoms with Crippen molar-refractivity contribution in [1.29, 1.82) is 5.26 Å². The highest BCUT2D eigenvalue weighted by Gasteiger charge is 2.45. The van der Waals surface area contributed by atoms with Crippen LogP contribution in [0.4, 0.5) is 10.3 Å². The summed E-state index contributed by atoms with van der Waals surface area (Å²) in [5.74, 6) is -0.351. The lowest BCUT2D eigenvalue weighted by Crippen LogP contribution is -2.39. The SMILES string of the molecule is COc1ccc(C(OC[C@H]2O[C@@H](n3cc(F)c4c(=O)[nH]c(NC(=O)C(C)C)nc43)C[C@@H]2OP(OCCC#N)N(C(C)C)C(C)C)(c2ccccc2)c2ccc(OC)cc2)cc1. The second kappa shape index (κ2) is 20.1. The average molecular weight is 857 g/mol. The van der Waals surface area contributed by atoms with Crippen LogP contribution in [-0.2, 0) is 28.9 Å². The molecule has 4 atom stereocenters. The van der Waals surface area contributed by atoms with Gasteiger partial charge in [0.25, 0.3) is 14.1 Å². The number of hydrogen-bond acceptors (Lipinski definition) is 11. The Balaban J connectivity index is 1.47. The van der Waals surface area contributed by atoms with Crippen LogP contribution in [0.3, 0.4) is 0 Å². The van der Waals surface area contributed by atoms with Crippen LogP contribution in [0, 0.1) is 23.1 Å². The minimum Gasteiger partial charge on any atom is -0.497 e. The fourth-order valence-electron chi connectivity index (χ4n) is 7.47. The second-order valence-corrected chi connectivity index (χ2v) is 16.9. The molecule has 0 saturated carbocycles. The van der Waals surface area contributed by atoms with E-state index in [1.165, 1.54) is 10.8 Å². The summed E-state index contributed by atoms with van der Waals surface area (Å²) in [5.41, 5.74) is 0.482. The maximum atomic E-state index is 15.7. The average Bonchev–Trinajstić information content (AvgIpc) is 3.81. The van der Waals surface area contributed by atoms with Gasteiger partial charge in [-0.3, -0.25) is 19.9 Å². The number of fused-ring (bicyclic) bond motifs is 1. The van der Waals surface area contributed by atoms with E-state index >= 15 is 4.39 Å². The van der Waals surface area contributed by atoms with Crippen molar-refractivity contribution in [2.75, 3.05) is 32.8 Å². The van der Waals surface area contributed by atoms with Crippen LogP contribution in [0.2, 0.25) is 0 Å². The van der Waals surface area contributed by atoms with Crippen LogP contribution in [-0.4, -0.2) is 76.8 Å². The highest BCUT2D eigenvalue weighted by molar-refractivity contribution is 7.44. The van der Waals surface area contributed by atoms with Gasteiger partial charge in [0.05, 0.1) is 46.0 Å². The molecule has 16 heteroatoms. The Bertz CT molecular complexity index is 2280. The van der Waals surface area contributed by atoms with E-state index in [0.29, 0.717) is 11.5 Å². The number of carbonyl (C=O) groups excluding carboxylic acids is 1. The zero-order chi connectivity index (χ0) is 43.8. The number of anilines is 1. The summed E-state index contributed by atoms with van der Waals surface area (Å²) in [6.07, 6.45) is -0.887. The van der Waals surface area contributed by atoms with E-state index in [1.54, 1.807) is 28.1 Å². The summed E-state index contributed by atoms with van der Waals surface area (Å²) in [6.45, 7) is 11.7. The van der Waals surface area contributed by atoms with Crippen LogP contribution in [0.5, 0.6) is 11.5 Å². The predicted molar refractivity (Wildman–Crippen MR) is 231 cm³/mol. The van der Waals surface area contributed by atoms with Gasteiger partial charge in [-0.25, -0.2) is 9.06 Å². The fourth-order valence-corrected chi connectivity index (χ4v) is 9.23. The van der Waals surface area contributed by atoms with Crippen molar-refractivity contribution in [2.45, 2.75) is 90.5 Å². The van der Waals surface area contributed by atoms with Crippen molar-refractivity contribution in [3.05, 3.63) is 118 Å². The minimum absolute atomic E-state index is 0.00905. The Morgan fingerprint density at radius 3 is 2.11 bits per heavy atom. The molecule has 6 rings (SSSR count). The van der Waals surface area contributed by atoms with E-state index in [-0.39, 0.29) is 61.0 Å². The van der Waals surface area contributed by atoms with Gasteiger partial charge >= 0.3 is 0 Å². The molecule has 1 aliphatic heterocycles. The lowest BCUT2D eigenvalue weighted by Gasteiger charge is -2.39. The summed E-state index contributed by atoms with van der Waals surface area (Å²) < 4.78 is 57.8. The number of halogens is 1. The highest BCUT2D eigenvalue weighted by atomic mass is 31.2. The van der Waals surface area contributed by atoms with E-state index in [0.717, 1.165) is 16.7 Å². The maximum Gasteiger partial charge on any atom is 0.264 e. The molecule has 324 valence electrons. The molecule has 1 amide bonds. The lowest BCUT2D eigenvalue weighted by atomic mass is 9.80. The van der Waals surface area contributed by atoms with Gasteiger partial charge in [0, 0.05) is 30.6 Å². The summed E-state index contributed by atoms with van der Waals surface area (Å²) in [4.78, 5) is 32.8. The Kier molecular flexibility index (Phi) is 14.9. The predicted octanol–water partition coefficient (Wildman–Crippen LogP) is 8.43. The molecule has 14 nitrogen and oxygen atoms in total. The third kappa shape index (κ3) is 9.97. The zero-order valence-corrected chi connectivity index (χ0v) is 36.6. The summed E-state index contributed by atoms with van der Waals surface area (Å²) >= 11 is 0. The van der Waals surface area contributed by atoms with Crippen molar-refractivity contribution < 1.29 is 37.2 Å². The first-order valence-electron chi connectivity index (χ1n) is 20.3. The van der Waals surface area contributed by atoms with E-state index < -0.39 is 49.9 Å². The molecule has 3 heterocycles. The normalized spacial score (nSPS) is 17.3. The van der Waals surface area contributed by atoms with Crippen molar-refractivity contribution in [3.63, 3.8) is 0 Å². The number of rotatable bonds is 19. The molecule has 61 heavy (non-hydrogen) atoms. The molecule has 0 radical (unpaired) electrons. The summed E-state index contributed by atoms with van der Waals surface area (Å²) in [6, 6.07) is 27.4. The van der Waals surface area contributed by atoms with Gasteiger partial charge in [0.1, 0.15) is 34.8 Å². The minimum atomic E-state index is -1.76. The third-order valence-electron chi connectivity index (χ3n) is 10.4. The van der Waals surface area contributed by atoms with Crippen LogP contribution in [0.1, 0.15) is 77.3 Å². The van der Waals surface area contributed by atoms with Crippen LogP contribution >= 0.6 is 8.53 Å². The van der Waals surface area contributed by atoms with E-state index in [2.05, 4.69) is 26.0 Å². The molecule has 1 fully saturated rings. The number of amides is 1. The number of nitrogens with zero attached hydrogens (tertiary/aromatic N) is 4. The molecule has 1 aliphatic rings. The van der Waals surface area contributed by atoms with Gasteiger partial charge < -0.3 is 32.6 Å². The van der Waals surface area contributed by atoms with Crippen molar-refractivity contribution >= 4 is 31.4 Å². The Hall–Kier alpha value is -5.20. The smallest absolute Gasteiger partial charge is 0.264 e. The van der Waals surface area contributed by atoms with Crippen LogP contribution in [0.15, 0.2) is 89.9 Å². The highest BCUT2D eigenvalue weighted by Crippen LogP contribution is 2.51. The first-order chi connectivity index (χ1) is 29.3. The maximum absolute atomic E-state index is 15.7. The Morgan fingerprint density at radius 2 is 1.57 bits per heavy atom. The van der Waals surface area contributed by atoms with Gasteiger partial charge in [0.2, 0.25) is 11.9 Å². The molecule has 2 N–H and O–H groups in total. The summed E-state index contributed by atoms with van der Waals surface area (Å²) in [7, 11) is 1.46. The first kappa shape index (κ1) is 45.3. The van der Waals surface area contributed by atoms with Gasteiger partial charge in [-0.05, 0) is 68.7 Å². The number of H-pyrrole nitrogens is 1. The molecule has 2 aromatic heterocycles. The molecule has 1 unspecified atom stereocenters. The Labute approximate surface area is 356 Å². The molecule has 0 bridgehead atoms. The standard InChI is InChI=1S/C45H54FN6O8P/c1-28(2)42(53)49-44-48-41-40(43(54)50-44)36(46)26-51(41)39-25-37(60-61(58-24-12-23-47)52(29(3)4)30(5)6)38(59-39)27-57-45(31-13-10-9-11-14-31,32-15-19-34(55-7)20-16-32)33-17-21-35(56-8)22-18-33/h9-11,13-22,26,28-30,37-39H,12,24-25,27H2,1-8H3,(H2,48,49,50,53,54)/t37-,38+,39+,61?/m0/s1. The van der Waals surface area contributed by atoms with Gasteiger partial charge in [-0.1, -0.05) is 68.4 Å². The topological polar surface area (TPSA) is 162 Å². The van der Waals surface area contributed by atoms with Crippen molar-refractivity contribution in [3.8, 4) is 17.6 Å². The van der Waals surface area contributed by atoms with E-state index in [1.807, 2.05) is 107 Å². The van der Waals surface area contributed by atoms with Crippen molar-refractivity contribution in [2.24, 2.45) is 5.92 Å². The van der Waals surface area contributed by atoms with Gasteiger partial charge in [0.15, 0.2) is 11.5 Å². The zero-order valence-electron chi connectivity index (χ0n) is 35.8.